The molecule has 1 heterocycles. The number of rotatable bonds is 3. The number of hydrogen-bond acceptors (Lipinski definition) is 1. The first-order valence-corrected chi connectivity index (χ1v) is 8.49. The van der Waals surface area contributed by atoms with Crippen LogP contribution in [0, 0.1) is 22.8 Å². The van der Waals surface area contributed by atoms with E-state index in [4.69, 9.17) is 0 Å². The quantitative estimate of drug-likeness (QED) is 0.682. The van der Waals surface area contributed by atoms with E-state index in [2.05, 4.69) is 67.3 Å². The second-order valence-corrected chi connectivity index (χ2v) is 7.63. The Bertz CT molecular complexity index is 445. The van der Waals surface area contributed by atoms with Gasteiger partial charge in [-0.1, -0.05) is 26.3 Å². The molecule has 1 saturated heterocycles. The molecule has 2 rings (SSSR count). The minimum Gasteiger partial charge on any atom is -0.299 e. The summed E-state index contributed by atoms with van der Waals surface area (Å²) in [6, 6.07) is 4.70. The first kappa shape index (κ1) is 15.3. The van der Waals surface area contributed by atoms with Crippen LogP contribution in [0.1, 0.15) is 49.8 Å². The molecule has 0 N–H and O–H groups in total. The summed E-state index contributed by atoms with van der Waals surface area (Å²) in [5, 5.41) is 0. The molecular formula is C17H26IN. The van der Waals surface area contributed by atoms with Gasteiger partial charge >= 0.3 is 0 Å². The topological polar surface area (TPSA) is 3.24 Å². The van der Waals surface area contributed by atoms with Gasteiger partial charge in [-0.05, 0) is 90.5 Å². The molecule has 0 saturated carbocycles. The summed E-state index contributed by atoms with van der Waals surface area (Å²) in [6.07, 6.45) is 4.03. The third-order valence-corrected chi connectivity index (χ3v) is 6.09. The predicted molar refractivity (Wildman–Crippen MR) is 91.5 cm³/mol. The summed E-state index contributed by atoms with van der Waals surface area (Å²) < 4.78 is 1.39. The van der Waals surface area contributed by atoms with Gasteiger partial charge in [0.05, 0.1) is 0 Å². The molecular weight excluding hydrogens is 345 g/mol. The van der Waals surface area contributed by atoms with Crippen LogP contribution in [0.4, 0.5) is 0 Å². The van der Waals surface area contributed by atoms with Gasteiger partial charge in [0.2, 0.25) is 0 Å². The highest BCUT2D eigenvalue weighted by Crippen LogP contribution is 2.34. The predicted octanol–water partition coefficient (Wildman–Crippen LogP) is 4.92. The third kappa shape index (κ3) is 3.72. The molecule has 0 aliphatic carbocycles. The Morgan fingerprint density at radius 1 is 1.16 bits per heavy atom. The Morgan fingerprint density at radius 3 is 2.37 bits per heavy atom. The van der Waals surface area contributed by atoms with Crippen molar-refractivity contribution in [2.24, 2.45) is 5.41 Å². The summed E-state index contributed by atoms with van der Waals surface area (Å²) in [5.74, 6) is 0. The molecule has 0 unspecified atom stereocenters. The molecule has 2 heteroatoms. The van der Waals surface area contributed by atoms with Crippen LogP contribution in [0.2, 0.25) is 0 Å². The van der Waals surface area contributed by atoms with Crippen molar-refractivity contribution >= 4 is 22.6 Å². The Labute approximate surface area is 131 Å². The minimum absolute atomic E-state index is 0.591. The van der Waals surface area contributed by atoms with Crippen LogP contribution >= 0.6 is 22.6 Å². The lowest BCUT2D eigenvalue weighted by Crippen LogP contribution is -2.38. The summed E-state index contributed by atoms with van der Waals surface area (Å²) >= 11 is 2.43. The molecule has 1 aliphatic heterocycles. The summed E-state index contributed by atoms with van der Waals surface area (Å²) in [5.41, 5.74) is 4.96. The van der Waals surface area contributed by atoms with Gasteiger partial charge in [-0.3, -0.25) is 4.90 Å². The normalized spacial score (nSPS) is 19.6. The molecule has 106 valence electrons. The van der Waals surface area contributed by atoms with Crippen LogP contribution in [-0.4, -0.2) is 18.0 Å². The largest absolute Gasteiger partial charge is 0.299 e. The van der Waals surface area contributed by atoms with Crippen LogP contribution in [0.15, 0.2) is 12.1 Å². The molecule has 0 atom stereocenters. The van der Waals surface area contributed by atoms with Crippen LogP contribution < -0.4 is 0 Å². The number of halogens is 1. The highest BCUT2D eigenvalue weighted by Gasteiger charge is 2.28. The molecule has 19 heavy (non-hydrogen) atoms. The van der Waals surface area contributed by atoms with Crippen molar-refractivity contribution in [1.29, 1.82) is 0 Å². The minimum atomic E-state index is 0.591. The lowest BCUT2D eigenvalue weighted by molar-refractivity contribution is 0.109. The smallest absolute Gasteiger partial charge is 0.0236 e. The second kappa shape index (κ2) is 6.13. The van der Waals surface area contributed by atoms with Gasteiger partial charge in [0, 0.05) is 10.1 Å². The van der Waals surface area contributed by atoms with Gasteiger partial charge in [-0.25, -0.2) is 0 Å². The van der Waals surface area contributed by atoms with Gasteiger partial charge in [0.15, 0.2) is 0 Å². The SMILES string of the molecule is CCC1(C)CCN(Cc2cc(C)c(I)cc2C)CC1. The molecule has 1 nitrogen and oxygen atoms in total. The molecule has 0 aromatic heterocycles. The Morgan fingerprint density at radius 2 is 1.79 bits per heavy atom. The van der Waals surface area contributed by atoms with Crippen LogP contribution in [0.3, 0.4) is 0 Å². The molecule has 1 fully saturated rings. The zero-order chi connectivity index (χ0) is 14.0. The maximum atomic E-state index is 2.63. The Balaban J connectivity index is 2.02. The second-order valence-electron chi connectivity index (χ2n) is 6.47. The van der Waals surface area contributed by atoms with Gasteiger partial charge in [0.25, 0.3) is 0 Å². The van der Waals surface area contributed by atoms with E-state index in [1.165, 1.54) is 52.6 Å². The maximum absolute atomic E-state index is 2.63. The van der Waals surface area contributed by atoms with Gasteiger partial charge in [-0.2, -0.15) is 0 Å². The molecule has 0 bridgehead atoms. The van der Waals surface area contributed by atoms with Crippen molar-refractivity contribution in [1.82, 2.24) is 4.90 Å². The zero-order valence-electron chi connectivity index (χ0n) is 12.7. The number of nitrogens with zero attached hydrogens (tertiary/aromatic N) is 1. The van der Waals surface area contributed by atoms with Crippen molar-refractivity contribution in [3.05, 3.63) is 32.4 Å². The lowest BCUT2D eigenvalue weighted by Gasteiger charge is -2.39. The van der Waals surface area contributed by atoms with Crippen molar-refractivity contribution in [3.8, 4) is 0 Å². The van der Waals surface area contributed by atoms with E-state index >= 15 is 0 Å². The number of benzene rings is 1. The fourth-order valence-electron chi connectivity index (χ4n) is 2.86. The number of piperidine rings is 1. The third-order valence-electron chi connectivity index (χ3n) is 4.93. The summed E-state index contributed by atoms with van der Waals surface area (Å²) in [7, 11) is 0. The zero-order valence-corrected chi connectivity index (χ0v) is 14.9. The fourth-order valence-corrected chi connectivity index (χ4v) is 3.48. The molecule has 0 radical (unpaired) electrons. The van der Waals surface area contributed by atoms with Crippen molar-refractivity contribution < 1.29 is 0 Å². The Hall–Kier alpha value is -0.0900. The lowest BCUT2D eigenvalue weighted by atomic mass is 9.78. The van der Waals surface area contributed by atoms with Gasteiger partial charge in [0.1, 0.15) is 0 Å². The molecule has 0 spiro atoms. The highest BCUT2D eigenvalue weighted by molar-refractivity contribution is 14.1. The first-order chi connectivity index (χ1) is 8.93. The average molecular weight is 371 g/mol. The highest BCUT2D eigenvalue weighted by atomic mass is 127. The maximum Gasteiger partial charge on any atom is 0.0236 e. The number of hydrogen-bond donors (Lipinski definition) is 0. The number of likely N-dealkylation sites (tertiary alicyclic amines) is 1. The standard InChI is InChI=1S/C17H26IN/c1-5-17(4)6-8-19(9-7-17)12-15-10-14(3)16(18)11-13(15)2/h10-11H,5-9,12H2,1-4H3. The van der Waals surface area contributed by atoms with Crippen LogP contribution in [-0.2, 0) is 6.54 Å². The Kier molecular flexibility index (Phi) is 4.93. The van der Waals surface area contributed by atoms with E-state index in [9.17, 15) is 0 Å². The van der Waals surface area contributed by atoms with E-state index < -0.39 is 0 Å². The van der Waals surface area contributed by atoms with Crippen molar-refractivity contribution in [3.63, 3.8) is 0 Å². The average Bonchev–Trinajstić information content (AvgIpc) is 2.39. The summed E-state index contributed by atoms with van der Waals surface area (Å²) in [4.78, 5) is 2.63. The molecule has 1 aromatic rings. The van der Waals surface area contributed by atoms with Crippen LogP contribution in [0.5, 0.6) is 0 Å². The van der Waals surface area contributed by atoms with Gasteiger partial charge in [-0.15, -0.1) is 0 Å². The van der Waals surface area contributed by atoms with E-state index in [1.807, 2.05) is 0 Å². The molecule has 0 amide bonds. The van der Waals surface area contributed by atoms with Crippen LogP contribution in [0.25, 0.3) is 0 Å². The van der Waals surface area contributed by atoms with E-state index in [0.29, 0.717) is 5.41 Å². The van der Waals surface area contributed by atoms with Crippen molar-refractivity contribution in [2.45, 2.75) is 53.5 Å². The van der Waals surface area contributed by atoms with Crippen molar-refractivity contribution in [2.75, 3.05) is 13.1 Å². The van der Waals surface area contributed by atoms with E-state index in [-0.39, 0.29) is 0 Å². The first-order valence-electron chi connectivity index (χ1n) is 7.41. The van der Waals surface area contributed by atoms with Gasteiger partial charge < -0.3 is 0 Å². The monoisotopic (exact) mass is 371 g/mol. The summed E-state index contributed by atoms with van der Waals surface area (Å²) in [6.45, 7) is 12.9. The fraction of sp³-hybridized carbons (Fsp3) is 0.647. The van der Waals surface area contributed by atoms with E-state index in [0.717, 1.165) is 6.54 Å². The molecule has 1 aromatic carbocycles. The molecule has 1 aliphatic rings. The number of aryl methyl sites for hydroxylation is 2. The van der Waals surface area contributed by atoms with E-state index in [1.54, 1.807) is 0 Å².